The average Bonchev–Trinajstić information content (AvgIpc) is 2.58. The van der Waals surface area contributed by atoms with Crippen LogP contribution in [-0.4, -0.2) is 44.0 Å². The highest BCUT2D eigenvalue weighted by molar-refractivity contribution is 7.85. The van der Waals surface area contributed by atoms with Crippen LogP contribution in [-0.2, 0) is 29.1 Å². The Bertz CT molecular complexity index is 554. The molecule has 7 heteroatoms. The summed E-state index contributed by atoms with van der Waals surface area (Å²) in [4.78, 5) is 14.2. The lowest BCUT2D eigenvalue weighted by Gasteiger charge is -2.35. The van der Waals surface area contributed by atoms with Crippen LogP contribution < -0.4 is 10.2 Å². The number of hydrogen-bond acceptors (Lipinski definition) is 4. The van der Waals surface area contributed by atoms with Gasteiger partial charge in [-0.15, -0.1) is 0 Å². The molecule has 19 heavy (non-hydrogen) atoms. The van der Waals surface area contributed by atoms with Crippen molar-refractivity contribution in [3.8, 4) is 0 Å². The Morgan fingerprint density at radius 1 is 1.53 bits per heavy atom. The van der Waals surface area contributed by atoms with Crippen LogP contribution in [0.15, 0.2) is 0 Å². The lowest BCUT2D eigenvalue weighted by Crippen LogP contribution is -2.47. The molecule has 6 nitrogen and oxygen atoms in total. The Balaban J connectivity index is 2.09. The number of carbonyl (C=O) groups excluding carboxylic acids is 1. The van der Waals surface area contributed by atoms with Crippen LogP contribution in [0.1, 0.15) is 19.0 Å². The first-order valence-corrected chi connectivity index (χ1v) is 8.06. The predicted octanol–water partition coefficient (Wildman–Crippen LogP) is 0.262. The highest BCUT2D eigenvalue weighted by atomic mass is 32.2. The third-order valence-corrected chi connectivity index (χ3v) is 5.16. The molecular weight excluding hydrogens is 264 g/mol. The second-order valence-electron chi connectivity index (χ2n) is 5.03. The zero-order chi connectivity index (χ0) is 13.6. The number of nitrogens with zero attached hydrogens (tertiary/aromatic N) is 3. The van der Waals surface area contributed by atoms with Crippen LogP contribution in [0.3, 0.4) is 0 Å². The Hall–Kier alpha value is -1.37. The second kappa shape index (κ2) is 4.63. The molecule has 1 saturated heterocycles. The van der Waals surface area contributed by atoms with Crippen molar-refractivity contribution in [3.05, 3.63) is 5.69 Å². The summed E-state index contributed by atoms with van der Waals surface area (Å²) in [6, 6.07) is 0.0240. The molecular formula is C12H18N4O2S. The number of amides is 1. The number of rotatable bonds is 1. The van der Waals surface area contributed by atoms with Gasteiger partial charge in [0.1, 0.15) is 5.69 Å². The van der Waals surface area contributed by atoms with E-state index in [1.54, 1.807) is 0 Å². The molecule has 1 N–H and O–H groups in total. The molecule has 3 heterocycles. The van der Waals surface area contributed by atoms with E-state index in [0.717, 1.165) is 30.2 Å². The number of fused-ring (bicyclic) bond motifs is 3. The van der Waals surface area contributed by atoms with Crippen molar-refractivity contribution >= 4 is 28.2 Å². The second-order valence-corrected chi connectivity index (χ2v) is 6.65. The Morgan fingerprint density at radius 3 is 3.05 bits per heavy atom. The first-order chi connectivity index (χ1) is 9.10. The smallest absolute Gasteiger partial charge is 0.226 e. The zero-order valence-electron chi connectivity index (χ0n) is 11.2. The maximum atomic E-state index is 12.0. The van der Waals surface area contributed by atoms with Crippen LogP contribution in [0.25, 0.3) is 0 Å². The van der Waals surface area contributed by atoms with Crippen LogP contribution in [0.5, 0.6) is 0 Å². The van der Waals surface area contributed by atoms with Crippen molar-refractivity contribution in [2.75, 3.05) is 28.3 Å². The minimum Gasteiger partial charge on any atom is -0.350 e. The molecule has 1 amide bonds. The van der Waals surface area contributed by atoms with Crippen molar-refractivity contribution in [3.63, 3.8) is 0 Å². The average molecular weight is 282 g/mol. The van der Waals surface area contributed by atoms with Gasteiger partial charge in [0.15, 0.2) is 5.82 Å². The van der Waals surface area contributed by atoms with Crippen molar-refractivity contribution in [2.45, 2.75) is 25.8 Å². The van der Waals surface area contributed by atoms with Gasteiger partial charge < -0.3 is 10.2 Å². The number of aromatic nitrogens is 2. The fourth-order valence-corrected chi connectivity index (χ4v) is 4.19. The van der Waals surface area contributed by atoms with Crippen molar-refractivity contribution in [2.24, 2.45) is 7.05 Å². The van der Waals surface area contributed by atoms with E-state index in [-0.39, 0.29) is 11.9 Å². The van der Waals surface area contributed by atoms with Crippen LogP contribution in [0.4, 0.5) is 11.5 Å². The molecule has 0 spiro atoms. The summed E-state index contributed by atoms with van der Waals surface area (Å²) in [6.07, 6.45) is 1.19. The molecule has 1 aromatic heterocycles. The molecule has 0 bridgehead atoms. The van der Waals surface area contributed by atoms with E-state index in [9.17, 15) is 9.00 Å². The Morgan fingerprint density at radius 2 is 2.32 bits per heavy atom. The molecule has 0 aromatic carbocycles. The lowest BCUT2D eigenvalue weighted by molar-refractivity contribution is -0.116. The topological polar surface area (TPSA) is 67.2 Å². The molecule has 2 unspecified atom stereocenters. The van der Waals surface area contributed by atoms with Crippen molar-refractivity contribution < 1.29 is 9.00 Å². The van der Waals surface area contributed by atoms with Crippen LogP contribution in [0.2, 0.25) is 0 Å². The quantitative estimate of drug-likeness (QED) is 0.802. The number of hydrogen-bond donors (Lipinski definition) is 1. The molecule has 1 fully saturated rings. The number of carbonyl (C=O) groups is 1. The van der Waals surface area contributed by atoms with Gasteiger partial charge in [0, 0.05) is 42.3 Å². The van der Waals surface area contributed by atoms with Gasteiger partial charge in [0.05, 0.1) is 11.7 Å². The fraction of sp³-hybridized carbons (Fsp3) is 0.667. The summed E-state index contributed by atoms with van der Waals surface area (Å²) in [5.41, 5.74) is 1.75. The van der Waals surface area contributed by atoms with E-state index in [1.807, 2.05) is 18.7 Å². The van der Waals surface area contributed by atoms with Gasteiger partial charge in [0.25, 0.3) is 0 Å². The predicted molar refractivity (Wildman–Crippen MR) is 74.8 cm³/mol. The van der Waals surface area contributed by atoms with Gasteiger partial charge in [-0.1, -0.05) is 6.92 Å². The van der Waals surface area contributed by atoms with E-state index in [4.69, 9.17) is 0 Å². The third kappa shape index (κ3) is 2.05. The largest absolute Gasteiger partial charge is 0.350 e. The first-order valence-electron chi connectivity index (χ1n) is 6.57. The molecule has 2 aliphatic heterocycles. The molecule has 0 radical (unpaired) electrons. The van der Waals surface area contributed by atoms with Crippen LogP contribution in [0, 0.1) is 0 Å². The SMILES string of the molecule is CCc1nn(C)c2c1NC(=O)CC1CS(=O)CCN21. The van der Waals surface area contributed by atoms with E-state index in [2.05, 4.69) is 15.3 Å². The summed E-state index contributed by atoms with van der Waals surface area (Å²) in [5, 5.41) is 7.45. The number of nitrogens with one attached hydrogen (secondary N) is 1. The summed E-state index contributed by atoms with van der Waals surface area (Å²) in [6.45, 7) is 2.75. The highest BCUT2D eigenvalue weighted by Gasteiger charge is 2.35. The Labute approximate surface area is 114 Å². The monoisotopic (exact) mass is 282 g/mol. The van der Waals surface area contributed by atoms with Crippen molar-refractivity contribution in [1.82, 2.24) is 9.78 Å². The molecule has 104 valence electrons. The van der Waals surface area contributed by atoms with E-state index < -0.39 is 10.8 Å². The summed E-state index contributed by atoms with van der Waals surface area (Å²) in [5.74, 6) is 2.19. The molecule has 2 atom stereocenters. The van der Waals surface area contributed by atoms with E-state index in [0.29, 0.717) is 17.9 Å². The zero-order valence-corrected chi connectivity index (χ0v) is 12.0. The third-order valence-electron chi connectivity index (χ3n) is 3.76. The van der Waals surface area contributed by atoms with Gasteiger partial charge in [-0.2, -0.15) is 5.10 Å². The van der Waals surface area contributed by atoms with Gasteiger partial charge in [0.2, 0.25) is 5.91 Å². The van der Waals surface area contributed by atoms with Gasteiger partial charge in [-0.05, 0) is 6.42 Å². The molecule has 1 aromatic rings. The van der Waals surface area contributed by atoms with Gasteiger partial charge in [-0.25, -0.2) is 0 Å². The van der Waals surface area contributed by atoms with Crippen molar-refractivity contribution in [1.29, 1.82) is 0 Å². The summed E-state index contributed by atoms with van der Waals surface area (Å²) in [7, 11) is 1.09. The minimum absolute atomic E-state index is 0.00431. The maximum Gasteiger partial charge on any atom is 0.226 e. The normalized spacial score (nSPS) is 26.4. The first kappa shape index (κ1) is 12.7. The van der Waals surface area contributed by atoms with E-state index in [1.165, 1.54) is 0 Å². The summed E-state index contributed by atoms with van der Waals surface area (Å²) >= 11 is 0. The number of aryl methyl sites for hydroxylation is 2. The number of anilines is 2. The van der Waals surface area contributed by atoms with Gasteiger partial charge in [-0.3, -0.25) is 13.7 Å². The fourth-order valence-electron chi connectivity index (χ4n) is 2.90. The molecule has 0 aliphatic carbocycles. The molecule has 2 aliphatic rings. The maximum absolute atomic E-state index is 12.0. The standard InChI is InChI=1S/C12H18N4O2S/c1-3-9-11-12(15(2)14-9)16-4-5-19(18)7-8(16)6-10(17)13-11/h8H,3-7H2,1-2H3,(H,13,17). The molecule has 3 rings (SSSR count). The Kier molecular flexibility index (Phi) is 3.08. The highest BCUT2D eigenvalue weighted by Crippen LogP contribution is 2.35. The van der Waals surface area contributed by atoms with Crippen LogP contribution >= 0.6 is 0 Å². The molecule has 0 saturated carbocycles. The lowest BCUT2D eigenvalue weighted by atomic mass is 10.2. The summed E-state index contributed by atoms with van der Waals surface area (Å²) < 4.78 is 13.6. The minimum atomic E-state index is -0.811. The van der Waals surface area contributed by atoms with Gasteiger partial charge >= 0.3 is 0 Å². The van der Waals surface area contributed by atoms with E-state index >= 15 is 0 Å².